The van der Waals surface area contributed by atoms with Crippen LogP contribution < -0.4 is 5.32 Å². The Bertz CT molecular complexity index is 845. The molecule has 0 bridgehead atoms. The summed E-state index contributed by atoms with van der Waals surface area (Å²) < 4.78 is 0. The number of carbonyl (C=O) groups is 2. The number of amides is 2. The number of hydrogen-bond donors (Lipinski definition) is 1. The molecule has 2 amide bonds. The molecule has 6 nitrogen and oxygen atoms in total. The highest BCUT2D eigenvalue weighted by atomic mass is 35.5. The number of carbonyl (C=O) groups excluding carboxylic acids is 2. The Balaban J connectivity index is 1.41. The summed E-state index contributed by atoms with van der Waals surface area (Å²) in [5.74, 6) is 0.0237. The van der Waals surface area contributed by atoms with E-state index >= 15 is 0 Å². The third-order valence-electron chi connectivity index (χ3n) is 4.87. The Hall–Kier alpha value is -2.18. The summed E-state index contributed by atoms with van der Waals surface area (Å²) >= 11 is 6.18. The SMILES string of the molecule is O=C(CN1CCN(C(=O)c2cc(Cl)cc3cccnc23)CC1)NC1CC1. The normalized spacial score (nSPS) is 18.1. The molecule has 1 saturated heterocycles. The molecule has 4 rings (SSSR count). The molecule has 1 aliphatic carbocycles. The predicted molar refractivity (Wildman–Crippen MR) is 100 cm³/mol. The number of pyridine rings is 1. The van der Waals surface area contributed by atoms with Gasteiger partial charge in [0, 0.05) is 48.8 Å². The fraction of sp³-hybridized carbons (Fsp3) is 0.421. The van der Waals surface area contributed by atoms with Gasteiger partial charge in [0.2, 0.25) is 5.91 Å². The van der Waals surface area contributed by atoms with Crippen LogP contribution in [0.2, 0.25) is 5.02 Å². The second kappa shape index (κ2) is 7.21. The van der Waals surface area contributed by atoms with Crippen LogP contribution in [0.4, 0.5) is 0 Å². The largest absolute Gasteiger partial charge is 0.352 e. The monoisotopic (exact) mass is 372 g/mol. The molecule has 0 atom stereocenters. The molecule has 0 unspecified atom stereocenters. The Morgan fingerprint density at radius 3 is 2.69 bits per heavy atom. The molecule has 1 aliphatic heterocycles. The number of piperazine rings is 1. The second-order valence-corrected chi connectivity index (χ2v) is 7.38. The van der Waals surface area contributed by atoms with Gasteiger partial charge in [-0.3, -0.25) is 19.5 Å². The maximum atomic E-state index is 13.0. The van der Waals surface area contributed by atoms with Crippen molar-refractivity contribution in [2.45, 2.75) is 18.9 Å². The molecule has 1 aromatic carbocycles. The molecule has 2 aliphatic rings. The lowest BCUT2D eigenvalue weighted by Gasteiger charge is -2.34. The van der Waals surface area contributed by atoms with Gasteiger partial charge in [-0.2, -0.15) is 0 Å². The van der Waals surface area contributed by atoms with Crippen LogP contribution in [0.15, 0.2) is 30.5 Å². The van der Waals surface area contributed by atoms with Gasteiger partial charge in [0.15, 0.2) is 0 Å². The van der Waals surface area contributed by atoms with Crippen molar-refractivity contribution in [2.75, 3.05) is 32.7 Å². The van der Waals surface area contributed by atoms with Gasteiger partial charge >= 0.3 is 0 Å². The topological polar surface area (TPSA) is 65.5 Å². The van der Waals surface area contributed by atoms with Crippen LogP contribution in [0.1, 0.15) is 23.2 Å². The Morgan fingerprint density at radius 1 is 1.19 bits per heavy atom. The zero-order valence-corrected chi connectivity index (χ0v) is 15.2. The highest BCUT2D eigenvalue weighted by molar-refractivity contribution is 6.32. The van der Waals surface area contributed by atoms with Gasteiger partial charge in [0.05, 0.1) is 17.6 Å². The average molecular weight is 373 g/mol. The lowest BCUT2D eigenvalue weighted by atomic mass is 10.1. The summed E-state index contributed by atoms with van der Waals surface area (Å²) in [5, 5.41) is 4.39. The van der Waals surface area contributed by atoms with Crippen molar-refractivity contribution < 1.29 is 9.59 Å². The number of hydrogen-bond acceptors (Lipinski definition) is 4. The van der Waals surface area contributed by atoms with Crippen molar-refractivity contribution in [3.63, 3.8) is 0 Å². The van der Waals surface area contributed by atoms with Crippen molar-refractivity contribution in [1.82, 2.24) is 20.1 Å². The number of halogens is 1. The smallest absolute Gasteiger partial charge is 0.256 e. The maximum Gasteiger partial charge on any atom is 0.256 e. The van der Waals surface area contributed by atoms with E-state index in [1.165, 1.54) is 0 Å². The zero-order chi connectivity index (χ0) is 18.1. The first-order valence-electron chi connectivity index (χ1n) is 8.95. The van der Waals surface area contributed by atoms with E-state index in [0.717, 1.165) is 18.2 Å². The lowest BCUT2D eigenvalue weighted by Crippen LogP contribution is -2.51. The number of rotatable bonds is 4. The molecule has 2 aromatic rings. The average Bonchev–Trinajstić information content (AvgIpc) is 3.45. The predicted octanol–water partition coefficient (Wildman–Crippen LogP) is 1.92. The second-order valence-electron chi connectivity index (χ2n) is 6.94. The van der Waals surface area contributed by atoms with E-state index in [-0.39, 0.29) is 11.8 Å². The van der Waals surface area contributed by atoms with Gasteiger partial charge in [0.1, 0.15) is 0 Å². The van der Waals surface area contributed by atoms with Crippen LogP contribution in [0.3, 0.4) is 0 Å². The molecule has 0 spiro atoms. The summed E-state index contributed by atoms with van der Waals surface area (Å²) in [4.78, 5) is 33.2. The molecule has 7 heteroatoms. The van der Waals surface area contributed by atoms with Gasteiger partial charge in [0.25, 0.3) is 5.91 Å². The molecule has 0 radical (unpaired) electrons. The summed E-state index contributed by atoms with van der Waals surface area (Å²) in [6.45, 7) is 2.97. The summed E-state index contributed by atoms with van der Waals surface area (Å²) in [6.07, 6.45) is 3.87. The number of nitrogens with one attached hydrogen (secondary N) is 1. The molecule has 2 fully saturated rings. The van der Waals surface area contributed by atoms with Crippen LogP contribution in [0, 0.1) is 0 Å². The Labute approximate surface area is 157 Å². The fourth-order valence-corrected chi connectivity index (χ4v) is 3.53. The first-order chi connectivity index (χ1) is 12.6. The zero-order valence-electron chi connectivity index (χ0n) is 14.4. The van der Waals surface area contributed by atoms with Crippen LogP contribution in [0.5, 0.6) is 0 Å². The highest BCUT2D eigenvalue weighted by Crippen LogP contribution is 2.24. The van der Waals surface area contributed by atoms with Gasteiger partial charge in [-0.1, -0.05) is 17.7 Å². The fourth-order valence-electron chi connectivity index (χ4n) is 3.30. The first kappa shape index (κ1) is 17.2. The number of aromatic nitrogens is 1. The van der Waals surface area contributed by atoms with Crippen molar-refractivity contribution in [3.05, 3.63) is 41.0 Å². The quantitative estimate of drug-likeness (QED) is 0.890. The summed E-state index contributed by atoms with van der Waals surface area (Å²) in [6, 6.07) is 7.62. The van der Waals surface area contributed by atoms with Gasteiger partial charge in [-0.25, -0.2) is 0 Å². The van der Waals surface area contributed by atoms with E-state index in [2.05, 4.69) is 15.2 Å². The van der Waals surface area contributed by atoms with E-state index in [1.807, 2.05) is 23.1 Å². The van der Waals surface area contributed by atoms with Gasteiger partial charge in [-0.15, -0.1) is 0 Å². The van der Waals surface area contributed by atoms with E-state index in [0.29, 0.717) is 54.9 Å². The third kappa shape index (κ3) is 3.81. The van der Waals surface area contributed by atoms with Crippen molar-refractivity contribution in [2.24, 2.45) is 0 Å². The van der Waals surface area contributed by atoms with Gasteiger partial charge in [-0.05, 0) is 31.0 Å². The Kier molecular flexibility index (Phi) is 4.78. The molecule has 1 aromatic heterocycles. The standard InChI is InChI=1S/C19H21ClN4O2/c20-14-10-13-2-1-5-21-18(13)16(11-14)19(26)24-8-6-23(7-9-24)12-17(25)22-15-3-4-15/h1-2,5,10-11,15H,3-4,6-9,12H2,(H,22,25). The minimum Gasteiger partial charge on any atom is -0.352 e. The van der Waals surface area contributed by atoms with Crippen LogP contribution >= 0.6 is 11.6 Å². The highest BCUT2D eigenvalue weighted by Gasteiger charge is 2.27. The third-order valence-corrected chi connectivity index (χ3v) is 5.09. The van der Waals surface area contributed by atoms with Crippen molar-refractivity contribution in [3.8, 4) is 0 Å². The number of fused-ring (bicyclic) bond motifs is 1. The number of benzene rings is 1. The summed E-state index contributed by atoms with van der Waals surface area (Å²) in [5.41, 5.74) is 1.21. The number of nitrogens with zero attached hydrogens (tertiary/aromatic N) is 3. The van der Waals surface area contributed by atoms with E-state index in [1.54, 1.807) is 12.3 Å². The maximum absolute atomic E-state index is 13.0. The molecule has 26 heavy (non-hydrogen) atoms. The summed E-state index contributed by atoms with van der Waals surface area (Å²) in [7, 11) is 0. The molecular weight excluding hydrogens is 352 g/mol. The van der Waals surface area contributed by atoms with Crippen molar-refractivity contribution in [1.29, 1.82) is 0 Å². The van der Waals surface area contributed by atoms with Gasteiger partial charge < -0.3 is 10.2 Å². The minimum atomic E-state index is -0.0571. The van der Waals surface area contributed by atoms with Crippen LogP contribution in [0.25, 0.3) is 10.9 Å². The van der Waals surface area contributed by atoms with Crippen LogP contribution in [-0.2, 0) is 4.79 Å². The molecule has 2 heterocycles. The molecule has 1 N–H and O–H groups in total. The van der Waals surface area contributed by atoms with E-state index in [9.17, 15) is 9.59 Å². The van der Waals surface area contributed by atoms with E-state index in [4.69, 9.17) is 11.6 Å². The van der Waals surface area contributed by atoms with Crippen molar-refractivity contribution >= 4 is 34.3 Å². The van der Waals surface area contributed by atoms with Crippen LogP contribution in [-0.4, -0.2) is 65.4 Å². The molecule has 136 valence electrons. The Morgan fingerprint density at radius 2 is 1.96 bits per heavy atom. The molecular formula is C19H21ClN4O2. The molecule has 1 saturated carbocycles. The first-order valence-corrected chi connectivity index (χ1v) is 9.33. The lowest BCUT2D eigenvalue weighted by molar-refractivity contribution is -0.122. The minimum absolute atomic E-state index is 0.0571. The van der Waals surface area contributed by atoms with E-state index < -0.39 is 0 Å².